The van der Waals surface area contributed by atoms with E-state index in [1.807, 2.05) is 19.6 Å². The molecule has 0 bridgehead atoms. The minimum atomic E-state index is -4.21. The van der Waals surface area contributed by atoms with Crippen LogP contribution in [0.1, 0.15) is 46.4 Å². The summed E-state index contributed by atoms with van der Waals surface area (Å²) in [4.78, 5) is 51.8. The van der Waals surface area contributed by atoms with Gasteiger partial charge in [-0.15, -0.1) is 3.77 Å². The van der Waals surface area contributed by atoms with Gasteiger partial charge in [0.2, 0.25) is 0 Å². The Morgan fingerprint density at radius 3 is 2.16 bits per heavy atom. The SMILES string of the molecule is C[Si](C)(C)CCS(=O)(=O)N=S(=O)(CCCCN1C(=O)c2ccccc2C1=O)c1cc(NC(=O)N2CCCC2)cc([N+](=O)[O-])c1. The normalized spacial score (nSPS) is 16.5. The molecule has 1 N–H and O–H groups in total. The van der Waals surface area contributed by atoms with Crippen molar-refractivity contribution in [3.8, 4) is 0 Å². The average Bonchev–Trinajstić information content (AvgIpc) is 3.57. The van der Waals surface area contributed by atoms with Crippen LogP contribution in [-0.4, -0.2) is 84.4 Å². The number of anilines is 1. The largest absolute Gasteiger partial charge is 0.325 e. The highest BCUT2D eigenvalue weighted by atomic mass is 32.3. The molecule has 4 amide bonds. The molecule has 13 nitrogen and oxygen atoms in total. The minimum absolute atomic E-state index is 0.000420. The van der Waals surface area contributed by atoms with Crippen molar-refractivity contribution >= 4 is 57.0 Å². The Morgan fingerprint density at radius 1 is 0.977 bits per heavy atom. The van der Waals surface area contributed by atoms with Gasteiger partial charge < -0.3 is 10.2 Å². The summed E-state index contributed by atoms with van der Waals surface area (Å²) in [5.41, 5.74) is 0.113. The number of fused-ring (bicyclic) bond motifs is 1. The summed E-state index contributed by atoms with van der Waals surface area (Å²) < 4.78 is 44.6. The first kappa shape index (κ1) is 33.3. The number of unbranched alkanes of at least 4 members (excludes halogenated alkanes) is 1. The van der Waals surface area contributed by atoms with Crippen LogP contribution in [0.25, 0.3) is 0 Å². The zero-order valence-corrected chi connectivity index (χ0v) is 27.6. The Hall–Kier alpha value is -3.63. The molecule has 1 fully saturated rings. The van der Waals surface area contributed by atoms with Crippen LogP contribution in [-0.2, 0) is 19.8 Å². The first-order valence-electron chi connectivity index (χ1n) is 14.4. The number of carbonyl (C=O) groups is 3. The number of hydrogen-bond donors (Lipinski definition) is 1. The summed E-state index contributed by atoms with van der Waals surface area (Å²) in [5.74, 6) is -1.50. The van der Waals surface area contributed by atoms with Crippen LogP contribution in [0, 0.1) is 10.1 Å². The van der Waals surface area contributed by atoms with Crippen molar-refractivity contribution < 1.29 is 31.9 Å². The summed E-state index contributed by atoms with van der Waals surface area (Å²) in [5, 5.41) is 14.4. The van der Waals surface area contributed by atoms with Crippen LogP contribution in [0.15, 0.2) is 51.1 Å². The number of likely N-dealkylation sites (tertiary alicyclic amines) is 1. The molecule has 1 atom stereocenters. The molecule has 0 aromatic heterocycles. The predicted octanol–water partition coefficient (Wildman–Crippen LogP) is 4.79. The number of nitrogens with one attached hydrogen (secondary N) is 1. The van der Waals surface area contributed by atoms with Gasteiger partial charge >= 0.3 is 6.03 Å². The molecule has 44 heavy (non-hydrogen) atoms. The van der Waals surface area contributed by atoms with Crippen molar-refractivity contribution in [2.75, 3.05) is 36.5 Å². The van der Waals surface area contributed by atoms with Gasteiger partial charge in [-0.2, -0.15) is 0 Å². The highest BCUT2D eigenvalue weighted by molar-refractivity contribution is 8.03. The number of amides is 4. The molecule has 2 aromatic rings. The molecular formula is C28H37N5O8S2Si. The lowest BCUT2D eigenvalue weighted by Gasteiger charge is -2.18. The van der Waals surface area contributed by atoms with E-state index in [0.29, 0.717) is 30.3 Å². The van der Waals surface area contributed by atoms with Crippen LogP contribution in [0.5, 0.6) is 0 Å². The van der Waals surface area contributed by atoms with Gasteiger partial charge in [0.1, 0.15) is 0 Å². The van der Waals surface area contributed by atoms with E-state index in [-0.39, 0.29) is 41.5 Å². The van der Waals surface area contributed by atoms with Gasteiger partial charge in [-0.25, -0.2) is 17.4 Å². The number of carbonyl (C=O) groups excluding carboxylic acids is 3. The number of non-ortho nitro benzene ring substituents is 1. The number of nitro groups is 1. The second-order valence-electron chi connectivity index (χ2n) is 12.1. The fraction of sp³-hybridized carbons (Fsp3) is 0.464. The molecule has 4 rings (SSSR count). The predicted molar refractivity (Wildman–Crippen MR) is 170 cm³/mol. The third-order valence-electron chi connectivity index (χ3n) is 7.39. The van der Waals surface area contributed by atoms with E-state index < -0.39 is 56.3 Å². The number of rotatable bonds is 12. The first-order valence-corrected chi connectivity index (χ1v) is 21.4. The fourth-order valence-corrected chi connectivity index (χ4v) is 12.3. The maximum absolute atomic E-state index is 14.5. The third kappa shape index (κ3) is 8.09. The molecule has 1 unspecified atom stereocenters. The van der Waals surface area contributed by atoms with Gasteiger partial charge in [0, 0.05) is 45.6 Å². The van der Waals surface area contributed by atoms with E-state index >= 15 is 0 Å². The van der Waals surface area contributed by atoms with E-state index in [9.17, 15) is 37.1 Å². The minimum Gasteiger partial charge on any atom is -0.325 e. The lowest BCUT2D eigenvalue weighted by atomic mass is 10.1. The number of benzene rings is 2. The van der Waals surface area contributed by atoms with Gasteiger partial charge in [-0.3, -0.25) is 24.6 Å². The maximum atomic E-state index is 14.5. The molecule has 16 heteroatoms. The Kier molecular flexibility index (Phi) is 9.95. The third-order valence-corrected chi connectivity index (χ3v) is 13.9. The monoisotopic (exact) mass is 663 g/mol. The van der Waals surface area contributed by atoms with Gasteiger partial charge in [-0.1, -0.05) is 31.8 Å². The fourth-order valence-electron chi connectivity index (χ4n) is 4.93. The molecular weight excluding hydrogens is 627 g/mol. The number of sulfonamides is 1. The second-order valence-corrected chi connectivity index (χ2v) is 22.1. The van der Waals surface area contributed by atoms with Crippen LogP contribution in [0.3, 0.4) is 0 Å². The van der Waals surface area contributed by atoms with Crippen molar-refractivity contribution in [2.24, 2.45) is 3.77 Å². The Labute approximate surface area is 258 Å². The molecule has 2 aromatic carbocycles. The van der Waals surface area contributed by atoms with Crippen LogP contribution >= 0.6 is 0 Å². The van der Waals surface area contributed by atoms with E-state index in [2.05, 4.69) is 9.08 Å². The van der Waals surface area contributed by atoms with Crippen LogP contribution in [0.4, 0.5) is 16.2 Å². The van der Waals surface area contributed by atoms with Crippen molar-refractivity contribution in [3.05, 3.63) is 63.7 Å². The highest BCUT2D eigenvalue weighted by Gasteiger charge is 2.34. The number of urea groups is 1. The van der Waals surface area contributed by atoms with Gasteiger partial charge in [0.05, 0.1) is 42.1 Å². The lowest BCUT2D eigenvalue weighted by Crippen LogP contribution is -2.32. The number of nitrogens with zero attached hydrogens (tertiary/aromatic N) is 4. The smallest absolute Gasteiger partial charge is 0.321 e. The van der Waals surface area contributed by atoms with Crippen molar-refractivity contribution in [3.63, 3.8) is 0 Å². The van der Waals surface area contributed by atoms with Crippen molar-refractivity contribution in [2.45, 2.75) is 56.3 Å². The Bertz CT molecular complexity index is 1670. The summed E-state index contributed by atoms with van der Waals surface area (Å²) in [6.45, 7) is 7.05. The molecule has 0 saturated carbocycles. The molecule has 2 heterocycles. The average molecular weight is 664 g/mol. The van der Waals surface area contributed by atoms with Gasteiger partial charge in [0.25, 0.3) is 27.5 Å². The summed E-state index contributed by atoms with van der Waals surface area (Å²) in [6, 6.07) is 9.77. The van der Waals surface area contributed by atoms with E-state index in [1.54, 1.807) is 29.2 Å². The van der Waals surface area contributed by atoms with E-state index in [0.717, 1.165) is 29.9 Å². The molecule has 0 aliphatic carbocycles. The van der Waals surface area contributed by atoms with Crippen LogP contribution < -0.4 is 5.32 Å². The standard InChI is InChI=1S/C28H37N5O8S2Si/c1-44(2,3)17-16-43(40,41)30-42(39,15-9-8-14-32-26(34)24-10-4-5-11-25(24)27(32)35)23-19-21(18-22(20-23)33(37)38)29-28(36)31-12-6-7-13-31/h4-5,10-11,18-20H,6-9,12-17H2,1-3H3,(H,29,36). The quantitative estimate of drug-likeness (QED) is 0.111. The Balaban J connectivity index is 1.63. The molecule has 2 aliphatic rings. The topological polar surface area (TPSA) is 176 Å². The highest BCUT2D eigenvalue weighted by Crippen LogP contribution is 2.29. The summed E-state index contributed by atoms with van der Waals surface area (Å²) in [7, 11) is -9.83. The van der Waals surface area contributed by atoms with Gasteiger partial charge in [0.15, 0.2) is 0 Å². The van der Waals surface area contributed by atoms with E-state index in [1.165, 1.54) is 6.07 Å². The lowest BCUT2D eigenvalue weighted by molar-refractivity contribution is -0.385. The number of imide groups is 1. The van der Waals surface area contributed by atoms with Crippen LogP contribution in [0.2, 0.25) is 25.7 Å². The number of hydrogen-bond acceptors (Lipinski definition) is 8. The summed E-state index contributed by atoms with van der Waals surface area (Å²) >= 11 is 0. The molecule has 0 spiro atoms. The molecule has 0 radical (unpaired) electrons. The number of nitro benzene ring substituents is 1. The second kappa shape index (κ2) is 13.2. The zero-order valence-electron chi connectivity index (χ0n) is 25.0. The maximum Gasteiger partial charge on any atom is 0.321 e. The van der Waals surface area contributed by atoms with Crippen molar-refractivity contribution in [1.29, 1.82) is 0 Å². The molecule has 1 saturated heterocycles. The zero-order chi connectivity index (χ0) is 32.3. The molecule has 2 aliphatic heterocycles. The first-order chi connectivity index (χ1) is 20.6. The van der Waals surface area contributed by atoms with E-state index in [4.69, 9.17) is 0 Å². The van der Waals surface area contributed by atoms with Gasteiger partial charge in [-0.05, 0) is 49.9 Å². The Morgan fingerprint density at radius 2 is 1.59 bits per heavy atom. The molecule has 238 valence electrons. The summed E-state index contributed by atoms with van der Waals surface area (Å²) in [6.07, 6.45) is 1.95. The van der Waals surface area contributed by atoms with Crippen molar-refractivity contribution in [1.82, 2.24) is 9.80 Å².